The molecule has 0 N–H and O–H groups in total. The lowest BCUT2D eigenvalue weighted by atomic mass is 9.95. The lowest BCUT2D eigenvalue weighted by Crippen LogP contribution is -2.12. The van der Waals surface area contributed by atoms with Crippen LogP contribution in [0.1, 0.15) is 39.4 Å². The molecule has 0 radical (unpaired) electrons. The third-order valence-corrected chi connectivity index (χ3v) is 4.01. The van der Waals surface area contributed by atoms with E-state index in [2.05, 4.69) is 0 Å². The largest absolute Gasteiger partial charge is 0.469 e. The molecule has 0 saturated carbocycles. The van der Waals surface area contributed by atoms with Gasteiger partial charge in [-0.3, -0.25) is 9.59 Å². The minimum Gasteiger partial charge on any atom is -0.469 e. The summed E-state index contributed by atoms with van der Waals surface area (Å²) in [4.78, 5) is 24.3. The van der Waals surface area contributed by atoms with Gasteiger partial charge in [-0.25, -0.2) is 0 Å². The Balaban J connectivity index is 1.96. The summed E-state index contributed by atoms with van der Waals surface area (Å²) in [5.41, 5.74) is 3.35. The summed E-state index contributed by atoms with van der Waals surface area (Å²) in [5, 5.41) is 0. The van der Waals surface area contributed by atoms with Crippen molar-refractivity contribution < 1.29 is 14.3 Å². The Morgan fingerprint density at radius 1 is 1.05 bits per heavy atom. The number of ether oxygens (including phenoxy) is 1. The van der Waals surface area contributed by atoms with Crippen molar-refractivity contribution in [1.29, 1.82) is 0 Å². The Morgan fingerprint density at radius 3 is 2.52 bits per heavy atom. The number of esters is 1. The van der Waals surface area contributed by atoms with Crippen LogP contribution in [-0.4, -0.2) is 18.9 Å². The van der Waals surface area contributed by atoms with Crippen LogP contribution in [-0.2, 0) is 16.0 Å². The van der Waals surface area contributed by atoms with Crippen molar-refractivity contribution in [3.8, 4) is 0 Å². The number of rotatable bonds is 3. The molecule has 2 aromatic carbocycles. The maximum atomic E-state index is 12.5. The number of fused-ring (bicyclic) bond motifs is 1. The fourth-order valence-corrected chi connectivity index (χ4v) is 2.89. The first kappa shape index (κ1) is 13.6. The average molecular weight is 280 g/mol. The summed E-state index contributed by atoms with van der Waals surface area (Å²) in [7, 11) is 1.40. The van der Waals surface area contributed by atoms with Crippen LogP contribution in [0.2, 0.25) is 0 Å². The molecule has 106 valence electrons. The highest BCUT2D eigenvalue weighted by Crippen LogP contribution is 2.34. The highest BCUT2D eigenvalue weighted by Gasteiger charge is 2.30. The van der Waals surface area contributed by atoms with Crippen molar-refractivity contribution in [2.75, 3.05) is 7.11 Å². The molecule has 3 heteroatoms. The third kappa shape index (κ3) is 2.47. The van der Waals surface area contributed by atoms with Gasteiger partial charge in [0.15, 0.2) is 5.78 Å². The summed E-state index contributed by atoms with van der Waals surface area (Å²) in [6.07, 6.45) is 1.61. The minimum absolute atomic E-state index is 0.0195. The Bertz CT molecular complexity index is 689. The van der Waals surface area contributed by atoms with E-state index < -0.39 is 0 Å². The molecule has 0 saturated heterocycles. The lowest BCUT2D eigenvalue weighted by molar-refractivity contribution is -0.142. The normalized spacial score (nSPS) is 16.3. The number of carbonyl (C=O) groups excluding carboxylic acids is 2. The van der Waals surface area contributed by atoms with Crippen LogP contribution in [0, 0.1) is 0 Å². The average Bonchev–Trinajstić information content (AvgIpc) is 2.97. The first-order valence-corrected chi connectivity index (χ1v) is 7.01. The van der Waals surface area contributed by atoms with Gasteiger partial charge < -0.3 is 4.74 Å². The summed E-state index contributed by atoms with van der Waals surface area (Å²) in [6.45, 7) is 0. The molecular formula is C18H16O3. The van der Waals surface area contributed by atoms with Gasteiger partial charge in [0.05, 0.1) is 13.0 Å². The van der Waals surface area contributed by atoms with Gasteiger partial charge in [0.1, 0.15) is 0 Å². The van der Waals surface area contributed by atoms with E-state index in [1.807, 2.05) is 36.4 Å². The van der Waals surface area contributed by atoms with Crippen LogP contribution in [0.3, 0.4) is 0 Å². The monoisotopic (exact) mass is 280 g/mol. The van der Waals surface area contributed by atoms with E-state index in [9.17, 15) is 9.59 Å². The van der Waals surface area contributed by atoms with Crippen molar-refractivity contribution in [2.24, 2.45) is 0 Å². The van der Waals surface area contributed by atoms with Gasteiger partial charge in [-0.15, -0.1) is 0 Å². The van der Waals surface area contributed by atoms with Crippen molar-refractivity contribution >= 4 is 11.8 Å². The number of methoxy groups -OCH3 is 1. The maximum Gasteiger partial charge on any atom is 0.313 e. The van der Waals surface area contributed by atoms with Gasteiger partial charge >= 0.3 is 5.97 Å². The van der Waals surface area contributed by atoms with Crippen LogP contribution in [0.25, 0.3) is 0 Å². The van der Waals surface area contributed by atoms with Crippen molar-refractivity contribution in [3.05, 3.63) is 70.8 Å². The second-order valence-electron chi connectivity index (χ2n) is 5.22. The fourth-order valence-electron chi connectivity index (χ4n) is 2.89. The second kappa shape index (κ2) is 5.52. The smallest absolute Gasteiger partial charge is 0.313 e. The summed E-state index contributed by atoms with van der Waals surface area (Å²) in [6, 6.07) is 14.8. The predicted molar refractivity (Wildman–Crippen MR) is 79.4 cm³/mol. The second-order valence-corrected chi connectivity index (χ2v) is 5.22. The van der Waals surface area contributed by atoms with Gasteiger partial charge in [0.2, 0.25) is 0 Å². The molecule has 1 unspecified atom stereocenters. The van der Waals surface area contributed by atoms with Gasteiger partial charge in [-0.2, -0.15) is 0 Å². The van der Waals surface area contributed by atoms with E-state index in [0.717, 1.165) is 24.0 Å². The van der Waals surface area contributed by atoms with Crippen LogP contribution >= 0.6 is 0 Å². The Labute approximate surface area is 123 Å². The Morgan fingerprint density at radius 2 is 1.81 bits per heavy atom. The molecule has 3 rings (SSSR count). The molecular weight excluding hydrogens is 264 g/mol. The van der Waals surface area contributed by atoms with Gasteiger partial charge in [-0.1, -0.05) is 42.5 Å². The standard InChI is InChI=1S/C18H16O3/c1-21-18(20)15-10-9-12-7-8-14(11-16(12)15)17(19)13-5-3-2-4-6-13/h2-8,11,15H,9-10H2,1H3. The van der Waals surface area contributed by atoms with Gasteiger partial charge in [0, 0.05) is 11.1 Å². The third-order valence-electron chi connectivity index (χ3n) is 4.01. The summed E-state index contributed by atoms with van der Waals surface area (Å²) in [5.74, 6) is -0.486. The fraction of sp³-hybridized carbons (Fsp3) is 0.222. The molecule has 21 heavy (non-hydrogen) atoms. The van der Waals surface area contributed by atoms with E-state index in [-0.39, 0.29) is 17.7 Å². The molecule has 0 bridgehead atoms. The molecule has 0 heterocycles. The molecule has 2 aromatic rings. The molecule has 1 aliphatic carbocycles. The molecule has 0 spiro atoms. The quantitative estimate of drug-likeness (QED) is 0.641. The van der Waals surface area contributed by atoms with Crippen molar-refractivity contribution in [1.82, 2.24) is 0 Å². The SMILES string of the molecule is COC(=O)C1CCc2ccc(C(=O)c3ccccc3)cc21. The number of ketones is 1. The molecule has 0 amide bonds. The van der Waals surface area contributed by atoms with E-state index in [4.69, 9.17) is 4.74 Å². The molecule has 1 atom stereocenters. The van der Waals surface area contributed by atoms with Gasteiger partial charge in [-0.05, 0) is 30.0 Å². The first-order chi connectivity index (χ1) is 10.2. The highest BCUT2D eigenvalue weighted by atomic mass is 16.5. The maximum absolute atomic E-state index is 12.5. The molecule has 0 aromatic heterocycles. The summed E-state index contributed by atoms with van der Waals surface area (Å²) < 4.78 is 4.85. The topological polar surface area (TPSA) is 43.4 Å². The zero-order valence-corrected chi connectivity index (χ0v) is 11.8. The molecule has 1 aliphatic rings. The minimum atomic E-state index is -0.242. The zero-order chi connectivity index (χ0) is 14.8. The number of benzene rings is 2. The number of carbonyl (C=O) groups is 2. The molecule has 0 aliphatic heterocycles. The molecule has 0 fully saturated rings. The molecule has 3 nitrogen and oxygen atoms in total. The van der Waals surface area contributed by atoms with Gasteiger partial charge in [0.25, 0.3) is 0 Å². The zero-order valence-electron chi connectivity index (χ0n) is 11.8. The first-order valence-electron chi connectivity index (χ1n) is 7.01. The van der Waals surface area contributed by atoms with Crippen molar-refractivity contribution in [3.63, 3.8) is 0 Å². The Kier molecular flexibility index (Phi) is 3.57. The Hall–Kier alpha value is -2.42. The number of hydrogen-bond acceptors (Lipinski definition) is 3. The number of hydrogen-bond donors (Lipinski definition) is 0. The van der Waals surface area contributed by atoms with Crippen LogP contribution in [0.4, 0.5) is 0 Å². The van der Waals surface area contributed by atoms with E-state index in [0.29, 0.717) is 11.1 Å². The van der Waals surface area contributed by atoms with Crippen LogP contribution in [0.5, 0.6) is 0 Å². The van der Waals surface area contributed by atoms with E-state index in [1.54, 1.807) is 12.1 Å². The van der Waals surface area contributed by atoms with Crippen molar-refractivity contribution in [2.45, 2.75) is 18.8 Å². The van der Waals surface area contributed by atoms with Crippen LogP contribution < -0.4 is 0 Å². The van der Waals surface area contributed by atoms with E-state index >= 15 is 0 Å². The van der Waals surface area contributed by atoms with E-state index in [1.165, 1.54) is 7.11 Å². The highest BCUT2D eigenvalue weighted by molar-refractivity contribution is 6.09. The lowest BCUT2D eigenvalue weighted by Gasteiger charge is -2.10. The summed E-state index contributed by atoms with van der Waals surface area (Å²) >= 11 is 0. The predicted octanol–water partition coefficient (Wildman–Crippen LogP) is 3.12. The number of aryl methyl sites for hydroxylation is 1. The van der Waals surface area contributed by atoms with Crippen LogP contribution in [0.15, 0.2) is 48.5 Å².